The van der Waals surface area contributed by atoms with Gasteiger partial charge in [0, 0.05) is 39.1 Å². The first-order valence-electron chi connectivity index (χ1n) is 8.93. The molecule has 1 N–H and O–H groups in total. The van der Waals surface area contributed by atoms with Crippen LogP contribution < -0.4 is 15.0 Å². The minimum Gasteiger partial charge on any atom is -0.495 e. The lowest BCUT2D eigenvalue weighted by molar-refractivity contribution is -0.131. The number of anilines is 1. The van der Waals surface area contributed by atoms with Crippen molar-refractivity contribution in [1.29, 1.82) is 0 Å². The summed E-state index contributed by atoms with van der Waals surface area (Å²) in [5, 5.41) is 2.62. The van der Waals surface area contributed by atoms with Gasteiger partial charge in [0.15, 0.2) is 0 Å². The van der Waals surface area contributed by atoms with Crippen LogP contribution in [0, 0.1) is 0 Å². The van der Waals surface area contributed by atoms with E-state index in [2.05, 4.69) is 10.2 Å². The van der Waals surface area contributed by atoms with E-state index in [0.717, 1.165) is 24.5 Å². The predicted molar refractivity (Wildman–Crippen MR) is 101 cm³/mol. The number of carbonyl (C=O) groups is 2. The summed E-state index contributed by atoms with van der Waals surface area (Å²) < 4.78 is 10.6. The maximum atomic E-state index is 12.3. The first kappa shape index (κ1) is 19.9. The van der Waals surface area contributed by atoms with Gasteiger partial charge in [-0.25, -0.2) is 4.79 Å². The average molecular weight is 363 g/mol. The van der Waals surface area contributed by atoms with E-state index in [1.54, 1.807) is 27.9 Å². The first-order valence-corrected chi connectivity index (χ1v) is 8.93. The van der Waals surface area contributed by atoms with Crippen LogP contribution >= 0.6 is 0 Å². The molecule has 0 unspecified atom stereocenters. The van der Waals surface area contributed by atoms with Gasteiger partial charge in [-0.05, 0) is 32.9 Å². The molecule has 0 aliphatic carbocycles. The third-order valence-electron chi connectivity index (χ3n) is 4.07. The number of piperazine rings is 1. The number of amides is 2. The number of para-hydroxylation sites is 2. The molecule has 26 heavy (non-hydrogen) atoms. The van der Waals surface area contributed by atoms with Crippen molar-refractivity contribution in [3.05, 3.63) is 24.3 Å². The third-order valence-corrected chi connectivity index (χ3v) is 4.07. The fourth-order valence-electron chi connectivity index (χ4n) is 2.83. The number of alkyl carbamates (subject to hydrolysis) is 1. The van der Waals surface area contributed by atoms with Crippen LogP contribution in [0.4, 0.5) is 10.5 Å². The molecule has 0 radical (unpaired) electrons. The van der Waals surface area contributed by atoms with Crippen molar-refractivity contribution < 1.29 is 19.1 Å². The molecule has 0 spiro atoms. The Bertz CT molecular complexity index is 619. The van der Waals surface area contributed by atoms with E-state index in [-0.39, 0.29) is 18.9 Å². The molecule has 0 bridgehead atoms. The molecule has 144 valence electrons. The lowest BCUT2D eigenvalue weighted by Gasteiger charge is -2.36. The van der Waals surface area contributed by atoms with E-state index in [1.165, 1.54) is 0 Å². The highest BCUT2D eigenvalue weighted by atomic mass is 16.6. The van der Waals surface area contributed by atoms with Gasteiger partial charge in [-0.2, -0.15) is 0 Å². The Morgan fingerprint density at radius 1 is 1.12 bits per heavy atom. The molecule has 1 saturated heterocycles. The van der Waals surface area contributed by atoms with E-state index in [9.17, 15) is 9.59 Å². The van der Waals surface area contributed by atoms with Gasteiger partial charge in [0.05, 0.1) is 12.8 Å². The van der Waals surface area contributed by atoms with Crippen molar-refractivity contribution in [1.82, 2.24) is 10.2 Å². The normalized spacial score (nSPS) is 14.8. The summed E-state index contributed by atoms with van der Waals surface area (Å²) in [4.78, 5) is 28.0. The summed E-state index contributed by atoms with van der Waals surface area (Å²) in [6, 6.07) is 7.90. The molecule has 1 fully saturated rings. The Labute approximate surface area is 155 Å². The second kappa shape index (κ2) is 8.78. The van der Waals surface area contributed by atoms with Crippen LogP contribution in [0.5, 0.6) is 5.75 Å². The summed E-state index contributed by atoms with van der Waals surface area (Å²) in [5.41, 5.74) is 0.511. The number of ether oxygens (including phenoxy) is 2. The molecule has 2 rings (SSSR count). The summed E-state index contributed by atoms with van der Waals surface area (Å²) in [7, 11) is 1.66. The van der Waals surface area contributed by atoms with Crippen molar-refractivity contribution in [3.8, 4) is 5.75 Å². The second-order valence-corrected chi connectivity index (χ2v) is 7.22. The number of carbonyl (C=O) groups excluding carboxylic acids is 2. The van der Waals surface area contributed by atoms with Gasteiger partial charge in [-0.15, -0.1) is 0 Å². The van der Waals surface area contributed by atoms with E-state index < -0.39 is 11.7 Å². The molecule has 2 amide bonds. The van der Waals surface area contributed by atoms with E-state index >= 15 is 0 Å². The Morgan fingerprint density at radius 2 is 1.77 bits per heavy atom. The van der Waals surface area contributed by atoms with Crippen LogP contribution in [0.2, 0.25) is 0 Å². The molecule has 1 aromatic rings. The Hall–Kier alpha value is -2.44. The largest absolute Gasteiger partial charge is 0.495 e. The minimum atomic E-state index is -0.539. The highest BCUT2D eigenvalue weighted by molar-refractivity contribution is 5.77. The molecule has 1 heterocycles. The van der Waals surface area contributed by atoms with Crippen LogP contribution in [0.1, 0.15) is 27.2 Å². The summed E-state index contributed by atoms with van der Waals surface area (Å²) in [5.74, 6) is 0.884. The van der Waals surface area contributed by atoms with Gasteiger partial charge in [0.25, 0.3) is 0 Å². The van der Waals surface area contributed by atoms with Crippen LogP contribution in [-0.4, -0.2) is 62.3 Å². The first-order chi connectivity index (χ1) is 12.3. The molecule has 7 nitrogen and oxygen atoms in total. The van der Waals surface area contributed by atoms with Crippen molar-refractivity contribution in [2.24, 2.45) is 0 Å². The maximum absolute atomic E-state index is 12.3. The molecule has 7 heteroatoms. The van der Waals surface area contributed by atoms with Gasteiger partial charge < -0.3 is 24.6 Å². The Morgan fingerprint density at radius 3 is 2.38 bits per heavy atom. The zero-order valence-electron chi connectivity index (χ0n) is 16.1. The highest BCUT2D eigenvalue weighted by Gasteiger charge is 2.23. The lowest BCUT2D eigenvalue weighted by Crippen LogP contribution is -2.49. The monoisotopic (exact) mass is 363 g/mol. The van der Waals surface area contributed by atoms with Crippen LogP contribution in [0.25, 0.3) is 0 Å². The Kier molecular flexibility index (Phi) is 6.71. The summed E-state index contributed by atoms with van der Waals surface area (Å²) >= 11 is 0. The standard InChI is InChI=1S/C19H29N3O4/c1-19(2,3)26-18(24)20-10-9-17(23)22-13-11-21(12-14-22)15-7-5-6-8-16(15)25-4/h5-8H,9-14H2,1-4H3,(H,20,24). The topological polar surface area (TPSA) is 71.1 Å². The number of hydrogen-bond donors (Lipinski definition) is 1. The van der Waals surface area contributed by atoms with Crippen LogP contribution in [-0.2, 0) is 9.53 Å². The number of methoxy groups -OCH3 is 1. The van der Waals surface area contributed by atoms with Crippen molar-refractivity contribution in [2.45, 2.75) is 32.8 Å². The van der Waals surface area contributed by atoms with Crippen LogP contribution in [0.3, 0.4) is 0 Å². The zero-order valence-corrected chi connectivity index (χ0v) is 16.1. The molecule has 0 saturated carbocycles. The van der Waals surface area contributed by atoms with Crippen LogP contribution in [0.15, 0.2) is 24.3 Å². The molecule has 0 atom stereocenters. The van der Waals surface area contributed by atoms with Gasteiger partial charge in [0.1, 0.15) is 11.4 Å². The number of benzene rings is 1. The lowest BCUT2D eigenvalue weighted by atomic mass is 10.2. The molecule has 1 aromatic carbocycles. The summed E-state index contributed by atoms with van der Waals surface area (Å²) in [6.07, 6.45) is -0.222. The van der Waals surface area contributed by atoms with Gasteiger partial charge in [0.2, 0.25) is 5.91 Å². The zero-order chi connectivity index (χ0) is 19.2. The Balaban J connectivity index is 1.75. The fourth-order valence-corrected chi connectivity index (χ4v) is 2.83. The minimum absolute atomic E-state index is 0.0423. The maximum Gasteiger partial charge on any atom is 0.407 e. The van der Waals surface area contributed by atoms with E-state index in [1.807, 2.05) is 29.2 Å². The van der Waals surface area contributed by atoms with Gasteiger partial charge >= 0.3 is 6.09 Å². The SMILES string of the molecule is COc1ccccc1N1CCN(C(=O)CCNC(=O)OC(C)(C)C)CC1. The van der Waals surface area contributed by atoms with Gasteiger partial charge in [-0.3, -0.25) is 4.79 Å². The second-order valence-electron chi connectivity index (χ2n) is 7.22. The number of hydrogen-bond acceptors (Lipinski definition) is 5. The molecule has 1 aliphatic rings. The molecule has 1 aliphatic heterocycles. The summed E-state index contributed by atoms with van der Waals surface area (Å²) in [6.45, 7) is 8.52. The molecular weight excluding hydrogens is 334 g/mol. The number of nitrogens with zero attached hydrogens (tertiary/aromatic N) is 2. The van der Waals surface area contributed by atoms with E-state index in [0.29, 0.717) is 13.1 Å². The van der Waals surface area contributed by atoms with Crippen molar-refractivity contribution in [3.63, 3.8) is 0 Å². The number of rotatable bonds is 5. The van der Waals surface area contributed by atoms with E-state index in [4.69, 9.17) is 9.47 Å². The molecule has 0 aromatic heterocycles. The van der Waals surface area contributed by atoms with Crippen molar-refractivity contribution in [2.75, 3.05) is 44.7 Å². The third kappa shape index (κ3) is 5.82. The quantitative estimate of drug-likeness (QED) is 0.869. The average Bonchev–Trinajstić information content (AvgIpc) is 2.60. The van der Waals surface area contributed by atoms with Gasteiger partial charge in [-0.1, -0.05) is 12.1 Å². The smallest absolute Gasteiger partial charge is 0.407 e. The molecular formula is C19H29N3O4. The highest BCUT2D eigenvalue weighted by Crippen LogP contribution is 2.28. The van der Waals surface area contributed by atoms with Crippen molar-refractivity contribution >= 4 is 17.7 Å². The number of nitrogens with one attached hydrogen (secondary N) is 1. The fraction of sp³-hybridized carbons (Fsp3) is 0.579. The predicted octanol–water partition coefficient (Wildman–Crippen LogP) is 2.26.